The Morgan fingerprint density at radius 3 is 2.29 bits per heavy atom. The number of aryl methyl sites for hydroxylation is 2. The van der Waals surface area contributed by atoms with E-state index in [1.54, 1.807) is 6.07 Å². The molecule has 1 aromatic heterocycles. The van der Waals surface area contributed by atoms with E-state index in [2.05, 4.69) is 18.9 Å². The average Bonchev–Trinajstić information content (AvgIpc) is 2.85. The molecule has 2 aromatic rings. The van der Waals surface area contributed by atoms with Gasteiger partial charge in [-0.2, -0.15) is 5.10 Å². The third-order valence-electron chi connectivity index (χ3n) is 4.01. The zero-order valence-electron chi connectivity index (χ0n) is 13.1. The van der Waals surface area contributed by atoms with Crippen LogP contribution in [0.25, 0.3) is 5.69 Å². The van der Waals surface area contributed by atoms with Crippen molar-refractivity contribution in [3.05, 3.63) is 46.8 Å². The van der Waals surface area contributed by atoms with Crippen LogP contribution in [0.1, 0.15) is 59.9 Å². The van der Waals surface area contributed by atoms with Crippen molar-refractivity contribution in [1.82, 2.24) is 9.78 Å². The molecular formula is C17H22N2O2. The molecule has 0 unspecified atom stereocenters. The van der Waals surface area contributed by atoms with Gasteiger partial charge in [-0.1, -0.05) is 32.0 Å². The van der Waals surface area contributed by atoms with Gasteiger partial charge in [0, 0.05) is 11.6 Å². The molecule has 1 aromatic carbocycles. The Balaban J connectivity index is 2.69. The SMILES string of the molecule is CCC(CC)c1cc(C(=O)O)nn1-c1c(C)cccc1C. The third-order valence-corrected chi connectivity index (χ3v) is 4.01. The maximum atomic E-state index is 11.3. The van der Waals surface area contributed by atoms with Gasteiger partial charge in [-0.15, -0.1) is 0 Å². The molecule has 0 saturated heterocycles. The van der Waals surface area contributed by atoms with E-state index < -0.39 is 5.97 Å². The Kier molecular flexibility index (Phi) is 4.46. The van der Waals surface area contributed by atoms with Crippen LogP contribution in [0.4, 0.5) is 0 Å². The molecule has 0 fully saturated rings. The summed E-state index contributed by atoms with van der Waals surface area (Å²) < 4.78 is 1.83. The predicted molar refractivity (Wildman–Crippen MR) is 83.3 cm³/mol. The molecule has 0 spiro atoms. The standard InChI is InChI=1S/C17H22N2O2/c1-5-13(6-2)15-10-14(17(20)21)18-19(15)16-11(3)8-7-9-12(16)4/h7-10,13H,5-6H2,1-4H3,(H,20,21). The Hall–Kier alpha value is -2.10. The molecule has 21 heavy (non-hydrogen) atoms. The Labute approximate surface area is 125 Å². The molecule has 0 aliphatic carbocycles. The van der Waals surface area contributed by atoms with Crippen molar-refractivity contribution in [3.63, 3.8) is 0 Å². The molecule has 4 nitrogen and oxygen atoms in total. The second-order valence-corrected chi connectivity index (χ2v) is 5.43. The molecule has 0 amide bonds. The summed E-state index contributed by atoms with van der Waals surface area (Å²) in [5.74, 6) is -0.670. The van der Waals surface area contributed by atoms with Crippen molar-refractivity contribution in [1.29, 1.82) is 0 Å². The first kappa shape index (κ1) is 15.3. The van der Waals surface area contributed by atoms with Gasteiger partial charge in [0.2, 0.25) is 0 Å². The molecule has 2 rings (SSSR count). The van der Waals surface area contributed by atoms with Crippen LogP contribution >= 0.6 is 0 Å². The molecule has 0 saturated carbocycles. The zero-order chi connectivity index (χ0) is 15.6. The minimum Gasteiger partial charge on any atom is -0.476 e. The fraction of sp³-hybridized carbons (Fsp3) is 0.412. The molecular weight excluding hydrogens is 264 g/mol. The minimum absolute atomic E-state index is 0.111. The van der Waals surface area contributed by atoms with E-state index in [1.807, 2.05) is 36.7 Å². The number of carboxylic acid groups (broad SMARTS) is 1. The lowest BCUT2D eigenvalue weighted by Crippen LogP contribution is -2.10. The lowest BCUT2D eigenvalue weighted by Gasteiger charge is -2.18. The van der Waals surface area contributed by atoms with Crippen LogP contribution in [0.5, 0.6) is 0 Å². The Bertz CT molecular complexity index is 635. The zero-order valence-corrected chi connectivity index (χ0v) is 13.1. The number of nitrogens with zero attached hydrogens (tertiary/aromatic N) is 2. The summed E-state index contributed by atoms with van der Waals surface area (Å²) in [6.45, 7) is 8.30. The first-order valence-electron chi connectivity index (χ1n) is 7.39. The van der Waals surface area contributed by atoms with E-state index in [1.165, 1.54) is 0 Å². The molecule has 0 bridgehead atoms. The van der Waals surface area contributed by atoms with Crippen molar-refractivity contribution >= 4 is 5.97 Å². The van der Waals surface area contributed by atoms with Gasteiger partial charge in [0.1, 0.15) is 0 Å². The highest BCUT2D eigenvalue weighted by atomic mass is 16.4. The van der Waals surface area contributed by atoms with Gasteiger partial charge >= 0.3 is 5.97 Å². The van der Waals surface area contributed by atoms with Gasteiger partial charge in [0.15, 0.2) is 5.69 Å². The van der Waals surface area contributed by atoms with Gasteiger partial charge in [0.05, 0.1) is 5.69 Å². The first-order chi connectivity index (χ1) is 9.99. The van der Waals surface area contributed by atoms with Gasteiger partial charge in [-0.25, -0.2) is 9.48 Å². The fourth-order valence-electron chi connectivity index (χ4n) is 2.82. The van der Waals surface area contributed by atoms with E-state index in [0.29, 0.717) is 5.92 Å². The van der Waals surface area contributed by atoms with Gasteiger partial charge in [0.25, 0.3) is 0 Å². The molecule has 112 valence electrons. The van der Waals surface area contributed by atoms with E-state index in [9.17, 15) is 9.90 Å². The average molecular weight is 286 g/mol. The van der Waals surface area contributed by atoms with E-state index in [0.717, 1.165) is 35.3 Å². The van der Waals surface area contributed by atoms with Crippen molar-refractivity contribution in [2.24, 2.45) is 0 Å². The Morgan fingerprint density at radius 2 is 1.81 bits per heavy atom. The number of aromatic carboxylic acids is 1. The number of para-hydroxylation sites is 1. The number of aromatic nitrogens is 2. The largest absolute Gasteiger partial charge is 0.476 e. The molecule has 1 N–H and O–H groups in total. The lowest BCUT2D eigenvalue weighted by atomic mass is 9.98. The number of hydrogen-bond donors (Lipinski definition) is 1. The first-order valence-corrected chi connectivity index (χ1v) is 7.39. The van der Waals surface area contributed by atoms with Crippen LogP contribution in [0.3, 0.4) is 0 Å². The van der Waals surface area contributed by atoms with E-state index in [-0.39, 0.29) is 5.69 Å². The number of carboxylic acids is 1. The van der Waals surface area contributed by atoms with E-state index >= 15 is 0 Å². The fourth-order valence-corrected chi connectivity index (χ4v) is 2.82. The summed E-state index contributed by atoms with van der Waals surface area (Å²) >= 11 is 0. The van der Waals surface area contributed by atoms with Crippen molar-refractivity contribution < 1.29 is 9.90 Å². The van der Waals surface area contributed by atoms with Crippen LogP contribution < -0.4 is 0 Å². The van der Waals surface area contributed by atoms with E-state index in [4.69, 9.17) is 0 Å². The van der Waals surface area contributed by atoms with Crippen molar-refractivity contribution in [2.75, 3.05) is 0 Å². The third kappa shape index (κ3) is 2.84. The smallest absolute Gasteiger partial charge is 0.356 e. The molecule has 1 heterocycles. The summed E-state index contributed by atoms with van der Waals surface area (Å²) in [5, 5.41) is 13.6. The molecule has 0 aliphatic rings. The summed E-state index contributed by atoms with van der Waals surface area (Å²) in [6.07, 6.45) is 1.93. The molecule has 0 radical (unpaired) electrons. The summed E-state index contributed by atoms with van der Waals surface area (Å²) in [5.41, 5.74) is 4.28. The quantitative estimate of drug-likeness (QED) is 0.900. The summed E-state index contributed by atoms with van der Waals surface area (Å²) in [7, 11) is 0. The second-order valence-electron chi connectivity index (χ2n) is 5.43. The molecule has 4 heteroatoms. The van der Waals surface area contributed by atoms with Crippen LogP contribution in [0.2, 0.25) is 0 Å². The Morgan fingerprint density at radius 1 is 1.24 bits per heavy atom. The normalized spacial score (nSPS) is 11.1. The van der Waals surface area contributed by atoms with Gasteiger partial charge in [-0.05, 0) is 43.9 Å². The second kappa shape index (κ2) is 6.12. The van der Waals surface area contributed by atoms with Crippen molar-refractivity contribution in [2.45, 2.75) is 46.5 Å². The summed E-state index contributed by atoms with van der Waals surface area (Å²) in [4.78, 5) is 11.3. The molecule has 0 atom stereocenters. The predicted octanol–water partition coefficient (Wildman–Crippen LogP) is 4.09. The highest BCUT2D eigenvalue weighted by Crippen LogP contribution is 2.29. The van der Waals surface area contributed by atoms with Crippen LogP contribution in [-0.2, 0) is 0 Å². The maximum Gasteiger partial charge on any atom is 0.356 e. The number of rotatable bonds is 5. The lowest BCUT2D eigenvalue weighted by molar-refractivity contribution is 0.0690. The highest BCUT2D eigenvalue weighted by Gasteiger charge is 2.21. The van der Waals surface area contributed by atoms with Crippen molar-refractivity contribution in [3.8, 4) is 5.69 Å². The van der Waals surface area contributed by atoms with Crippen LogP contribution in [0, 0.1) is 13.8 Å². The minimum atomic E-state index is -0.979. The topological polar surface area (TPSA) is 55.1 Å². The molecule has 0 aliphatic heterocycles. The monoisotopic (exact) mass is 286 g/mol. The number of hydrogen-bond acceptors (Lipinski definition) is 2. The van der Waals surface area contributed by atoms with Gasteiger partial charge in [-0.3, -0.25) is 0 Å². The van der Waals surface area contributed by atoms with Crippen LogP contribution in [-0.4, -0.2) is 20.9 Å². The maximum absolute atomic E-state index is 11.3. The number of carbonyl (C=O) groups is 1. The summed E-state index contributed by atoms with van der Waals surface area (Å²) in [6, 6.07) is 7.78. The number of benzene rings is 1. The van der Waals surface area contributed by atoms with Crippen LogP contribution in [0.15, 0.2) is 24.3 Å². The highest BCUT2D eigenvalue weighted by molar-refractivity contribution is 5.85. The van der Waals surface area contributed by atoms with Gasteiger partial charge < -0.3 is 5.11 Å².